The smallest absolute Gasteiger partial charge is 0.0354 e. The van der Waals surface area contributed by atoms with E-state index in [1.165, 1.54) is 70.3 Å². The molecule has 2 saturated heterocycles. The van der Waals surface area contributed by atoms with E-state index in [1.807, 2.05) is 0 Å². The lowest BCUT2D eigenvalue weighted by molar-refractivity contribution is 0.152. The van der Waals surface area contributed by atoms with Crippen molar-refractivity contribution in [3.8, 4) is 0 Å². The van der Waals surface area contributed by atoms with E-state index in [1.54, 1.807) is 5.56 Å². The lowest BCUT2D eigenvalue weighted by Gasteiger charge is -2.33. The van der Waals surface area contributed by atoms with Gasteiger partial charge in [0.1, 0.15) is 0 Å². The lowest BCUT2D eigenvalue weighted by atomic mass is 10.1. The summed E-state index contributed by atoms with van der Waals surface area (Å²) in [6.45, 7) is 5.21. The first-order valence-corrected chi connectivity index (χ1v) is 8.67. The average Bonchev–Trinajstić information content (AvgIpc) is 3.13. The van der Waals surface area contributed by atoms with E-state index < -0.39 is 0 Å². The first-order chi connectivity index (χ1) is 10.3. The molecule has 2 atom stereocenters. The summed E-state index contributed by atoms with van der Waals surface area (Å²) in [5.41, 5.74) is 9.88. The Bertz CT molecular complexity index is 507. The van der Waals surface area contributed by atoms with Crippen LogP contribution < -0.4 is 5.73 Å². The van der Waals surface area contributed by atoms with Crippen LogP contribution in [0.5, 0.6) is 0 Å². The van der Waals surface area contributed by atoms with Crippen molar-refractivity contribution < 1.29 is 0 Å². The Balaban J connectivity index is 1.45. The fraction of sp³-hybridized carbons (Fsp3) is 0.667. The number of fused-ring (bicyclic) bond motifs is 1. The molecule has 4 rings (SSSR count). The Morgan fingerprint density at radius 1 is 0.952 bits per heavy atom. The number of hydrogen-bond donors (Lipinski definition) is 1. The molecule has 0 radical (unpaired) electrons. The molecule has 3 aliphatic rings. The quantitative estimate of drug-likeness (QED) is 0.848. The summed E-state index contributed by atoms with van der Waals surface area (Å²) in [5, 5.41) is 0. The van der Waals surface area contributed by atoms with E-state index in [2.05, 4.69) is 28.0 Å². The van der Waals surface area contributed by atoms with Crippen molar-refractivity contribution in [2.45, 2.75) is 50.6 Å². The van der Waals surface area contributed by atoms with E-state index in [0.29, 0.717) is 6.04 Å². The number of benzene rings is 1. The number of nitrogen functional groups attached to an aromatic ring is 1. The van der Waals surface area contributed by atoms with Crippen molar-refractivity contribution in [2.24, 2.45) is 0 Å². The third-order valence-corrected chi connectivity index (χ3v) is 5.76. The van der Waals surface area contributed by atoms with Crippen LogP contribution in [0.1, 0.15) is 49.3 Å². The molecule has 1 aromatic rings. The molecule has 2 aliphatic heterocycles. The molecular formula is C18H27N3. The molecule has 1 aliphatic carbocycles. The zero-order valence-electron chi connectivity index (χ0n) is 12.9. The van der Waals surface area contributed by atoms with Gasteiger partial charge in [-0.15, -0.1) is 0 Å². The van der Waals surface area contributed by atoms with Crippen LogP contribution in [-0.2, 0) is 6.42 Å². The Labute approximate surface area is 128 Å². The highest BCUT2D eigenvalue weighted by atomic mass is 15.3. The van der Waals surface area contributed by atoms with Crippen LogP contribution in [0.3, 0.4) is 0 Å². The van der Waals surface area contributed by atoms with Crippen LogP contribution in [0, 0.1) is 0 Å². The van der Waals surface area contributed by atoms with E-state index in [4.69, 9.17) is 5.73 Å². The Hall–Kier alpha value is -1.06. The van der Waals surface area contributed by atoms with Gasteiger partial charge < -0.3 is 5.73 Å². The molecular weight excluding hydrogens is 258 g/mol. The maximum absolute atomic E-state index is 5.93. The molecule has 0 spiro atoms. The molecule has 3 nitrogen and oxygen atoms in total. The van der Waals surface area contributed by atoms with Crippen molar-refractivity contribution in [1.29, 1.82) is 0 Å². The van der Waals surface area contributed by atoms with Crippen molar-refractivity contribution in [2.75, 3.05) is 31.9 Å². The molecule has 3 heteroatoms. The van der Waals surface area contributed by atoms with Gasteiger partial charge in [-0.05, 0) is 68.5 Å². The van der Waals surface area contributed by atoms with Crippen LogP contribution in [0.2, 0.25) is 0 Å². The van der Waals surface area contributed by atoms with Gasteiger partial charge in [-0.1, -0.05) is 12.5 Å². The summed E-state index contributed by atoms with van der Waals surface area (Å²) < 4.78 is 0. The van der Waals surface area contributed by atoms with Crippen LogP contribution in [-0.4, -0.2) is 42.0 Å². The van der Waals surface area contributed by atoms with Crippen molar-refractivity contribution in [3.05, 3.63) is 29.3 Å². The highest BCUT2D eigenvalue weighted by molar-refractivity contribution is 5.47. The van der Waals surface area contributed by atoms with Gasteiger partial charge in [0.05, 0.1) is 0 Å². The minimum atomic E-state index is 0.649. The number of rotatable bonds is 2. The van der Waals surface area contributed by atoms with Gasteiger partial charge in [-0.25, -0.2) is 0 Å². The summed E-state index contributed by atoms with van der Waals surface area (Å²) in [5.74, 6) is 0. The van der Waals surface area contributed by atoms with Gasteiger partial charge in [-0.2, -0.15) is 0 Å². The summed E-state index contributed by atoms with van der Waals surface area (Å²) in [6.07, 6.45) is 8.09. The van der Waals surface area contributed by atoms with Gasteiger partial charge in [0, 0.05) is 30.9 Å². The zero-order valence-corrected chi connectivity index (χ0v) is 12.9. The third-order valence-electron chi connectivity index (χ3n) is 5.76. The summed E-state index contributed by atoms with van der Waals surface area (Å²) in [6, 6.07) is 8.00. The average molecular weight is 285 g/mol. The molecule has 2 N–H and O–H groups in total. The van der Waals surface area contributed by atoms with Gasteiger partial charge >= 0.3 is 0 Å². The molecule has 0 bridgehead atoms. The SMILES string of the molecule is Nc1ccc2c(c1)CCC2N1CCC(N2CCCCC2)C1. The van der Waals surface area contributed by atoms with Gasteiger partial charge in [0.2, 0.25) is 0 Å². The minimum Gasteiger partial charge on any atom is -0.399 e. The van der Waals surface area contributed by atoms with E-state index in [-0.39, 0.29) is 0 Å². The van der Waals surface area contributed by atoms with Crippen LogP contribution in [0.15, 0.2) is 18.2 Å². The van der Waals surface area contributed by atoms with Crippen LogP contribution in [0.4, 0.5) is 5.69 Å². The predicted octanol–water partition coefficient (Wildman–Crippen LogP) is 2.82. The largest absolute Gasteiger partial charge is 0.399 e. The standard InChI is InChI=1S/C18H27N3/c19-15-5-6-17-14(12-15)4-7-18(17)21-11-8-16(13-21)20-9-2-1-3-10-20/h5-6,12,16,18H,1-4,7-11,13,19H2. The number of piperidine rings is 1. The van der Waals surface area contributed by atoms with E-state index in [9.17, 15) is 0 Å². The number of nitrogens with zero attached hydrogens (tertiary/aromatic N) is 2. The molecule has 0 saturated carbocycles. The van der Waals surface area contributed by atoms with E-state index >= 15 is 0 Å². The number of nitrogens with two attached hydrogens (primary N) is 1. The highest BCUT2D eigenvalue weighted by Crippen LogP contribution is 2.39. The number of anilines is 1. The molecule has 1 aromatic carbocycles. The summed E-state index contributed by atoms with van der Waals surface area (Å²) >= 11 is 0. The Morgan fingerprint density at radius 2 is 1.81 bits per heavy atom. The van der Waals surface area contributed by atoms with E-state index in [0.717, 1.165) is 11.7 Å². The molecule has 2 unspecified atom stereocenters. The van der Waals surface area contributed by atoms with Crippen LogP contribution >= 0.6 is 0 Å². The molecule has 2 heterocycles. The Morgan fingerprint density at radius 3 is 2.67 bits per heavy atom. The topological polar surface area (TPSA) is 32.5 Å². The number of aryl methyl sites for hydroxylation is 1. The molecule has 2 fully saturated rings. The second-order valence-electron chi connectivity index (χ2n) is 7.05. The van der Waals surface area contributed by atoms with Crippen molar-refractivity contribution in [1.82, 2.24) is 9.80 Å². The fourth-order valence-electron chi connectivity index (χ4n) is 4.63. The molecule has 21 heavy (non-hydrogen) atoms. The maximum Gasteiger partial charge on any atom is 0.0354 e. The van der Waals surface area contributed by atoms with Gasteiger partial charge in [0.15, 0.2) is 0 Å². The maximum atomic E-state index is 5.93. The highest BCUT2D eigenvalue weighted by Gasteiger charge is 2.35. The summed E-state index contributed by atoms with van der Waals surface area (Å²) in [7, 11) is 0. The second kappa shape index (κ2) is 5.62. The Kier molecular flexibility index (Phi) is 3.64. The van der Waals surface area contributed by atoms with Gasteiger partial charge in [-0.3, -0.25) is 9.80 Å². The molecule has 0 amide bonds. The monoisotopic (exact) mass is 285 g/mol. The van der Waals surface area contributed by atoms with Crippen LogP contribution in [0.25, 0.3) is 0 Å². The van der Waals surface area contributed by atoms with Gasteiger partial charge in [0.25, 0.3) is 0 Å². The third kappa shape index (κ3) is 2.58. The second-order valence-corrected chi connectivity index (χ2v) is 7.05. The first kappa shape index (κ1) is 13.6. The fourth-order valence-corrected chi connectivity index (χ4v) is 4.63. The number of likely N-dealkylation sites (tertiary alicyclic amines) is 2. The first-order valence-electron chi connectivity index (χ1n) is 8.67. The normalized spacial score (nSPS) is 30.7. The number of hydrogen-bond acceptors (Lipinski definition) is 3. The zero-order chi connectivity index (χ0) is 14.2. The van der Waals surface area contributed by atoms with Crippen molar-refractivity contribution >= 4 is 5.69 Å². The molecule has 0 aromatic heterocycles. The predicted molar refractivity (Wildman–Crippen MR) is 87.3 cm³/mol. The minimum absolute atomic E-state index is 0.649. The van der Waals surface area contributed by atoms with Crippen molar-refractivity contribution in [3.63, 3.8) is 0 Å². The summed E-state index contributed by atoms with van der Waals surface area (Å²) in [4.78, 5) is 5.49. The lowest BCUT2D eigenvalue weighted by Crippen LogP contribution is -2.41. The molecule has 114 valence electrons.